The van der Waals surface area contributed by atoms with Gasteiger partial charge in [0.05, 0.1) is 0 Å². The summed E-state index contributed by atoms with van der Waals surface area (Å²) >= 11 is 0. The molecular weight excluding hydrogens is 248 g/mol. The maximum atomic E-state index is 12.2. The lowest BCUT2D eigenvalue weighted by Gasteiger charge is -2.27. The van der Waals surface area contributed by atoms with E-state index < -0.39 is 0 Å². The molecule has 0 aromatic heterocycles. The van der Waals surface area contributed by atoms with Crippen LogP contribution in [0, 0.1) is 23.7 Å². The number of hydrogen-bond acceptors (Lipinski definition) is 2. The topological polar surface area (TPSA) is 46.3 Å². The largest absolute Gasteiger partial charge is 0.331 e. The Kier molecular flexibility index (Phi) is 3.75. The lowest BCUT2D eigenvalue weighted by Crippen LogP contribution is -2.32. The monoisotopic (exact) mass is 268 g/mol. The molecule has 3 heteroatoms. The lowest BCUT2D eigenvalue weighted by molar-refractivity contribution is -0.124. The Balaban J connectivity index is 1.63. The molecular formula is C17H20N2O. The third-order valence-electron chi connectivity index (χ3n) is 4.46. The molecule has 2 N–H and O–H groups in total. The number of nitrogens with two attached hydrogens (primary N) is 1. The standard InChI is InChI=1S/C17H20N2O/c18-16-8-7-14-11-19(12-15(14)10-16)17(20)9-6-13-4-2-1-3-5-13/h1-5,14-16H,7-8,10-12,18H2/t14-,15+,16?/m1/s1. The highest BCUT2D eigenvalue weighted by Crippen LogP contribution is 2.35. The normalized spacial score (nSPS) is 28.4. The second-order valence-corrected chi connectivity index (χ2v) is 5.92. The molecule has 2 fully saturated rings. The summed E-state index contributed by atoms with van der Waals surface area (Å²) in [5.74, 6) is 6.89. The molecule has 2 aliphatic rings. The predicted octanol–water partition coefficient (Wildman–Crippen LogP) is 1.62. The molecule has 3 rings (SSSR count). The second-order valence-electron chi connectivity index (χ2n) is 5.92. The Morgan fingerprint density at radius 3 is 2.70 bits per heavy atom. The number of carbonyl (C=O) groups excluding carboxylic acids is 1. The molecule has 1 amide bonds. The summed E-state index contributed by atoms with van der Waals surface area (Å²) < 4.78 is 0. The molecule has 1 aliphatic carbocycles. The number of benzene rings is 1. The van der Waals surface area contributed by atoms with E-state index in [0.29, 0.717) is 17.9 Å². The summed E-state index contributed by atoms with van der Waals surface area (Å²) in [5.41, 5.74) is 6.90. The Morgan fingerprint density at radius 1 is 1.15 bits per heavy atom. The Labute approximate surface area is 120 Å². The fourth-order valence-corrected chi connectivity index (χ4v) is 3.36. The molecule has 1 aromatic rings. The first-order valence-corrected chi connectivity index (χ1v) is 7.34. The number of hydrogen-bond donors (Lipinski definition) is 1. The van der Waals surface area contributed by atoms with Gasteiger partial charge in [0.25, 0.3) is 5.91 Å². The van der Waals surface area contributed by atoms with Crippen LogP contribution in [0.15, 0.2) is 30.3 Å². The van der Waals surface area contributed by atoms with Crippen LogP contribution in [0.25, 0.3) is 0 Å². The van der Waals surface area contributed by atoms with E-state index in [-0.39, 0.29) is 5.91 Å². The molecule has 1 aliphatic heterocycles. The van der Waals surface area contributed by atoms with Crippen molar-refractivity contribution < 1.29 is 4.79 Å². The SMILES string of the molecule is NC1CC[C@@H]2CN(C(=O)C#Cc3ccccc3)C[C@@H]2C1. The van der Waals surface area contributed by atoms with Crippen LogP contribution in [0.4, 0.5) is 0 Å². The van der Waals surface area contributed by atoms with E-state index in [0.717, 1.165) is 37.9 Å². The van der Waals surface area contributed by atoms with Crippen molar-refractivity contribution in [3.8, 4) is 11.8 Å². The molecule has 0 bridgehead atoms. The molecule has 104 valence electrons. The highest BCUT2D eigenvalue weighted by molar-refractivity contribution is 5.94. The van der Waals surface area contributed by atoms with Crippen molar-refractivity contribution in [2.24, 2.45) is 17.6 Å². The van der Waals surface area contributed by atoms with Gasteiger partial charge < -0.3 is 10.6 Å². The van der Waals surface area contributed by atoms with Crippen molar-refractivity contribution >= 4 is 5.91 Å². The van der Waals surface area contributed by atoms with Crippen LogP contribution in [0.1, 0.15) is 24.8 Å². The van der Waals surface area contributed by atoms with Crippen LogP contribution in [0.3, 0.4) is 0 Å². The van der Waals surface area contributed by atoms with Gasteiger partial charge in [0.2, 0.25) is 0 Å². The number of likely N-dealkylation sites (tertiary alicyclic amines) is 1. The zero-order valence-electron chi connectivity index (χ0n) is 11.6. The quantitative estimate of drug-likeness (QED) is 0.727. The van der Waals surface area contributed by atoms with Crippen LogP contribution in [-0.2, 0) is 4.79 Å². The maximum Gasteiger partial charge on any atom is 0.298 e. The highest BCUT2D eigenvalue weighted by Gasteiger charge is 2.38. The minimum atomic E-state index is -0.0446. The second kappa shape index (κ2) is 5.68. The van der Waals surface area contributed by atoms with Gasteiger partial charge in [-0.1, -0.05) is 24.1 Å². The smallest absolute Gasteiger partial charge is 0.298 e. The first-order chi connectivity index (χ1) is 9.72. The Bertz CT molecular complexity index is 543. The van der Waals surface area contributed by atoms with Gasteiger partial charge in [0.1, 0.15) is 0 Å². The average Bonchev–Trinajstić information content (AvgIpc) is 2.89. The molecule has 1 aromatic carbocycles. The van der Waals surface area contributed by atoms with Crippen LogP contribution in [-0.4, -0.2) is 29.9 Å². The molecule has 1 unspecified atom stereocenters. The van der Waals surface area contributed by atoms with Crippen molar-refractivity contribution in [1.29, 1.82) is 0 Å². The summed E-state index contributed by atoms with van der Waals surface area (Å²) in [6.45, 7) is 1.69. The number of rotatable bonds is 0. The maximum absolute atomic E-state index is 12.2. The Morgan fingerprint density at radius 2 is 1.90 bits per heavy atom. The van der Waals surface area contributed by atoms with Gasteiger partial charge in [-0.05, 0) is 43.2 Å². The number of nitrogens with zero attached hydrogens (tertiary/aromatic N) is 1. The molecule has 1 heterocycles. The average molecular weight is 268 g/mol. The van der Waals surface area contributed by atoms with Gasteiger partial charge >= 0.3 is 0 Å². The van der Waals surface area contributed by atoms with Gasteiger partial charge in [-0.3, -0.25) is 4.79 Å². The fourth-order valence-electron chi connectivity index (χ4n) is 3.36. The zero-order chi connectivity index (χ0) is 13.9. The molecule has 1 saturated heterocycles. The molecule has 1 saturated carbocycles. The van der Waals surface area contributed by atoms with Crippen molar-refractivity contribution in [3.05, 3.63) is 35.9 Å². The molecule has 0 radical (unpaired) electrons. The van der Waals surface area contributed by atoms with E-state index in [1.165, 1.54) is 0 Å². The summed E-state index contributed by atoms with van der Waals surface area (Å²) in [6.07, 6.45) is 3.31. The third kappa shape index (κ3) is 2.86. The van der Waals surface area contributed by atoms with Crippen LogP contribution in [0.5, 0.6) is 0 Å². The summed E-state index contributed by atoms with van der Waals surface area (Å²) in [7, 11) is 0. The minimum Gasteiger partial charge on any atom is -0.331 e. The zero-order valence-corrected chi connectivity index (χ0v) is 11.6. The first-order valence-electron chi connectivity index (χ1n) is 7.34. The summed E-state index contributed by atoms with van der Waals surface area (Å²) in [5, 5.41) is 0. The van der Waals surface area contributed by atoms with Gasteiger partial charge in [-0.15, -0.1) is 0 Å². The Hall–Kier alpha value is -1.79. The van der Waals surface area contributed by atoms with Gasteiger partial charge in [0.15, 0.2) is 0 Å². The summed E-state index contributed by atoms with van der Waals surface area (Å²) in [4.78, 5) is 14.1. The van der Waals surface area contributed by atoms with E-state index in [9.17, 15) is 4.79 Å². The van der Waals surface area contributed by atoms with Crippen molar-refractivity contribution in [2.45, 2.75) is 25.3 Å². The van der Waals surface area contributed by atoms with E-state index in [2.05, 4.69) is 11.8 Å². The van der Waals surface area contributed by atoms with Gasteiger partial charge in [0, 0.05) is 30.6 Å². The molecule has 3 nitrogen and oxygen atoms in total. The number of amides is 1. The molecule has 3 atom stereocenters. The third-order valence-corrected chi connectivity index (χ3v) is 4.46. The van der Waals surface area contributed by atoms with E-state index >= 15 is 0 Å². The number of carbonyl (C=O) groups is 1. The van der Waals surface area contributed by atoms with Crippen LogP contribution >= 0.6 is 0 Å². The van der Waals surface area contributed by atoms with E-state index in [1.807, 2.05) is 35.2 Å². The van der Waals surface area contributed by atoms with Gasteiger partial charge in [-0.25, -0.2) is 0 Å². The number of fused-ring (bicyclic) bond motifs is 1. The van der Waals surface area contributed by atoms with Crippen LogP contribution in [0.2, 0.25) is 0 Å². The van der Waals surface area contributed by atoms with Crippen molar-refractivity contribution in [2.75, 3.05) is 13.1 Å². The van der Waals surface area contributed by atoms with Crippen LogP contribution < -0.4 is 5.73 Å². The lowest BCUT2D eigenvalue weighted by atomic mass is 9.79. The van der Waals surface area contributed by atoms with E-state index in [4.69, 9.17) is 5.73 Å². The first kappa shape index (κ1) is 13.2. The van der Waals surface area contributed by atoms with Crippen molar-refractivity contribution in [1.82, 2.24) is 4.90 Å². The molecule has 0 spiro atoms. The van der Waals surface area contributed by atoms with Crippen molar-refractivity contribution in [3.63, 3.8) is 0 Å². The predicted molar refractivity (Wildman–Crippen MR) is 78.7 cm³/mol. The van der Waals surface area contributed by atoms with Gasteiger partial charge in [-0.2, -0.15) is 0 Å². The van der Waals surface area contributed by atoms with E-state index in [1.54, 1.807) is 0 Å². The minimum absolute atomic E-state index is 0.0446. The highest BCUT2D eigenvalue weighted by atomic mass is 16.2. The fraction of sp³-hybridized carbons (Fsp3) is 0.471. The summed E-state index contributed by atoms with van der Waals surface area (Å²) in [6, 6.07) is 9.97. The molecule has 20 heavy (non-hydrogen) atoms.